The van der Waals surface area contributed by atoms with Gasteiger partial charge in [0.25, 0.3) is 0 Å². The summed E-state index contributed by atoms with van der Waals surface area (Å²) < 4.78 is 9.32. The number of hydrogen-bond acceptors (Lipinski definition) is 8. The van der Waals surface area contributed by atoms with Crippen molar-refractivity contribution in [3.05, 3.63) is 47.5 Å². The average molecular weight is 364 g/mol. The lowest BCUT2D eigenvalue weighted by molar-refractivity contribution is 0.0512. The van der Waals surface area contributed by atoms with Gasteiger partial charge in [0.05, 0.1) is 13.2 Å². The van der Waals surface area contributed by atoms with Gasteiger partial charge in [-0.05, 0) is 44.2 Å². The number of phenols is 4. The van der Waals surface area contributed by atoms with Crippen LogP contribution in [0, 0.1) is 0 Å². The first-order valence-electron chi connectivity index (χ1n) is 7.68. The van der Waals surface area contributed by atoms with Crippen LogP contribution in [-0.2, 0) is 9.47 Å². The topological polar surface area (TPSA) is 134 Å². The molecular formula is C18H20O8. The zero-order valence-electron chi connectivity index (χ0n) is 14.3. The highest BCUT2D eigenvalue weighted by Gasteiger charge is 2.12. The van der Waals surface area contributed by atoms with Crippen LogP contribution in [0.2, 0.25) is 0 Å². The molecule has 0 amide bonds. The second-order valence-corrected chi connectivity index (χ2v) is 4.84. The molecule has 0 atom stereocenters. The summed E-state index contributed by atoms with van der Waals surface area (Å²) in [4.78, 5) is 22.2. The quantitative estimate of drug-likeness (QED) is 0.480. The zero-order valence-corrected chi connectivity index (χ0v) is 14.3. The number of aromatic hydroxyl groups is 4. The fourth-order valence-electron chi connectivity index (χ4n) is 1.80. The van der Waals surface area contributed by atoms with E-state index in [0.717, 1.165) is 12.1 Å². The Morgan fingerprint density at radius 2 is 1.23 bits per heavy atom. The maximum atomic E-state index is 11.1. The van der Waals surface area contributed by atoms with Crippen molar-refractivity contribution in [1.29, 1.82) is 0 Å². The van der Waals surface area contributed by atoms with Crippen LogP contribution in [0.5, 0.6) is 23.0 Å². The third-order valence-corrected chi connectivity index (χ3v) is 2.95. The Hall–Kier alpha value is -3.42. The third-order valence-electron chi connectivity index (χ3n) is 2.95. The van der Waals surface area contributed by atoms with E-state index in [1.807, 2.05) is 0 Å². The highest BCUT2D eigenvalue weighted by Crippen LogP contribution is 2.23. The SMILES string of the molecule is CCOC(=O)c1cc(O)ccc1O.CCOC(=O)c1ccc(O)cc1O. The van der Waals surface area contributed by atoms with E-state index in [9.17, 15) is 19.8 Å². The number of hydrogen-bond donors (Lipinski definition) is 4. The maximum absolute atomic E-state index is 11.1. The molecule has 0 aliphatic rings. The molecule has 0 saturated carbocycles. The second-order valence-electron chi connectivity index (χ2n) is 4.84. The second kappa shape index (κ2) is 9.77. The van der Waals surface area contributed by atoms with E-state index >= 15 is 0 Å². The molecule has 2 aromatic rings. The Balaban J connectivity index is 0.000000260. The van der Waals surface area contributed by atoms with Crippen LogP contribution in [0.3, 0.4) is 0 Å². The molecule has 8 nitrogen and oxygen atoms in total. The van der Waals surface area contributed by atoms with Gasteiger partial charge in [0.2, 0.25) is 0 Å². The smallest absolute Gasteiger partial charge is 0.342 e. The molecule has 140 valence electrons. The molecule has 2 aromatic carbocycles. The van der Waals surface area contributed by atoms with Crippen molar-refractivity contribution in [2.24, 2.45) is 0 Å². The van der Waals surface area contributed by atoms with Gasteiger partial charge in [-0.2, -0.15) is 0 Å². The minimum Gasteiger partial charge on any atom is -0.508 e. The molecule has 4 N–H and O–H groups in total. The minimum absolute atomic E-state index is 0.0261. The van der Waals surface area contributed by atoms with Crippen molar-refractivity contribution >= 4 is 11.9 Å². The molecule has 0 heterocycles. The molecule has 0 aliphatic carbocycles. The van der Waals surface area contributed by atoms with Gasteiger partial charge in [-0.3, -0.25) is 0 Å². The van der Waals surface area contributed by atoms with Crippen molar-refractivity contribution < 1.29 is 39.5 Å². The molecule has 2 rings (SSSR count). The van der Waals surface area contributed by atoms with Crippen LogP contribution < -0.4 is 0 Å². The molecule has 26 heavy (non-hydrogen) atoms. The molecule has 0 aliphatic heterocycles. The molecule has 0 fully saturated rings. The number of phenolic OH excluding ortho intramolecular Hbond substituents is 4. The molecule has 0 aromatic heterocycles. The summed E-state index contributed by atoms with van der Waals surface area (Å²) in [6.07, 6.45) is 0. The summed E-state index contributed by atoms with van der Waals surface area (Å²) in [5.74, 6) is -1.89. The zero-order chi connectivity index (χ0) is 19.7. The minimum atomic E-state index is -0.643. The summed E-state index contributed by atoms with van der Waals surface area (Å²) in [6, 6.07) is 7.40. The fraction of sp³-hybridized carbons (Fsp3) is 0.222. The molecule has 0 spiro atoms. The lowest BCUT2D eigenvalue weighted by Gasteiger charge is -2.03. The Morgan fingerprint density at radius 3 is 1.77 bits per heavy atom. The molecule has 0 radical (unpaired) electrons. The van der Waals surface area contributed by atoms with E-state index in [1.54, 1.807) is 13.8 Å². The molecule has 0 bridgehead atoms. The average Bonchev–Trinajstić information content (AvgIpc) is 2.58. The Bertz CT molecular complexity index is 770. The third kappa shape index (κ3) is 5.90. The van der Waals surface area contributed by atoms with Gasteiger partial charge in [-0.25, -0.2) is 9.59 Å². The Labute approximate surface area is 149 Å². The van der Waals surface area contributed by atoms with Gasteiger partial charge in [-0.1, -0.05) is 0 Å². The van der Waals surface area contributed by atoms with E-state index in [2.05, 4.69) is 9.47 Å². The summed E-state index contributed by atoms with van der Waals surface area (Å²) in [5.41, 5.74) is 0.0292. The van der Waals surface area contributed by atoms with E-state index in [0.29, 0.717) is 0 Å². The first-order chi connectivity index (χ1) is 12.3. The maximum Gasteiger partial charge on any atom is 0.342 e. The summed E-state index contributed by atoms with van der Waals surface area (Å²) >= 11 is 0. The fourth-order valence-corrected chi connectivity index (χ4v) is 1.80. The number of carbonyl (C=O) groups excluding carboxylic acids is 2. The van der Waals surface area contributed by atoms with Crippen LogP contribution >= 0.6 is 0 Å². The van der Waals surface area contributed by atoms with Crippen LogP contribution in [0.1, 0.15) is 34.6 Å². The first kappa shape index (κ1) is 20.6. The van der Waals surface area contributed by atoms with E-state index in [-0.39, 0.29) is 47.3 Å². The van der Waals surface area contributed by atoms with E-state index in [1.165, 1.54) is 24.3 Å². The van der Waals surface area contributed by atoms with Gasteiger partial charge in [0.15, 0.2) is 0 Å². The van der Waals surface area contributed by atoms with Gasteiger partial charge in [-0.15, -0.1) is 0 Å². The summed E-state index contributed by atoms with van der Waals surface area (Å²) in [7, 11) is 0. The highest BCUT2D eigenvalue weighted by atomic mass is 16.5. The molecule has 0 unspecified atom stereocenters. The van der Waals surface area contributed by atoms with Crippen LogP contribution in [-0.4, -0.2) is 45.6 Å². The van der Waals surface area contributed by atoms with E-state index < -0.39 is 11.9 Å². The number of rotatable bonds is 4. The number of carbonyl (C=O) groups is 2. The molecule has 8 heteroatoms. The van der Waals surface area contributed by atoms with Gasteiger partial charge < -0.3 is 29.9 Å². The molecule has 0 saturated heterocycles. The highest BCUT2D eigenvalue weighted by molar-refractivity contribution is 5.93. The predicted octanol–water partition coefficient (Wildman–Crippen LogP) is 2.55. The lowest BCUT2D eigenvalue weighted by Crippen LogP contribution is -2.04. The van der Waals surface area contributed by atoms with Crippen molar-refractivity contribution in [1.82, 2.24) is 0 Å². The largest absolute Gasteiger partial charge is 0.508 e. The monoisotopic (exact) mass is 364 g/mol. The number of ether oxygens (including phenoxy) is 2. The van der Waals surface area contributed by atoms with Gasteiger partial charge in [0.1, 0.15) is 34.1 Å². The van der Waals surface area contributed by atoms with E-state index in [4.69, 9.17) is 10.2 Å². The van der Waals surface area contributed by atoms with Crippen molar-refractivity contribution in [2.45, 2.75) is 13.8 Å². The van der Waals surface area contributed by atoms with Gasteiger partial charge >= 0.3 is 11.9 Å². The predicted molar refractivity (Wildman–Crippen MR) is 91.5 cm³/mol. The molecular weight excluding hydrogens is 344 g/mol. The Kier molecular flexibility index (Phi) is 7.75. The van der Waals surface area contributed by atoms with Gasteiger partial charge in [0, 0.05) is 6.07 Å². The van der Waals surface area contributed by atoms with Crippen LogP contribution in [0.25, 0.3) is 0 Å². The number of esters is 2. The number of benzene rings is 2. The van der Waals surface area contributed by atoms with Crippen LogP contribution in [0.4, 0.5) is 0 Å². The first-order valence-corrected chi connectivity index (χ1v) is 7.68. The Morgan fingerprint density at radius 1 is 0.731 bits per heavy atom. The lowest BCUT2D eigenvalue weighted by atomic mass is 10.2. The van der Waals surface area contributed by atoms with Crippen molar-refractivity contribution in [3.8, 4) is 23.0 Å². The normalized spacial score (nSPS) is 9.62. The van der Waals surface area contributed by atoms with Crippen LogP contribution in [0.15, 0.2) is 36.4 Å². The summed E-state index contributed by atoms with van der Waals surface area (Å²) in [5, 5.41) is 36.4. The summed E-state index contributed by atoms with van der Waals surface area (Å²) in [6.45, 7) is 3.82. The standard InChI is InChI=1S/2C9H10O4/c1-2-13-9(12)7-5-6(10)3-4-8(7)11;1-2-13-9(12)7-4-3-6(10)5-8(7)11/h2*3-5,10-11H,2H2,1H3. The van der Waals surface area contributed by atoms with Crippen molar-refractivity contribution in [2.75, 3.05) is 13.2 Å². The van der Waals surface area contributed by atoms with Crippen molar-refractivity contribution in [3.63, 3.8) is 0 Å².